The third-order valence-corrected chi connectivity index (χ3v) is 1.23. The van der Waals surface area contributed by atoms with Crippen molar-refractivity contribution in [3.05, 3.63) is 36.5 Å². The van der Waals surface area contributed by atoms with Gasteiger partial charge in [-0.05, 0) is 25.1 Å². The second-order valence-corrected chi connectivity index (χ2v) is 2.20. The number of anilines is 1. The fraction of sp³-hybridized carbons (Fsp3) is 0.111. The number of hydrogen-bond donors (Lipinski definition) is 1. The van der Waals surface area contributed by atoms with E-state index in [2.05, 4.69) is 10.3 Å². The second kappa shape index (κ2) is 4.28. The Morgan fingerprint density at radius 2 is 2.42 bits per heavy atom. The van der Waals surface area contributed by atoms with Crippen molar-refractivity contribution < 1.29 is 4.79 Å². The molecule has 0 saturated carbocycles. The highest BCUT2D eigenvalue weighted by atomic mass is 16.1. The minimum absolute atomic E-state index is 0.156. The molecule has 3 heteroatoms. The fourth-order valence-corrected chi connectivity index (χ4v) is 0.756. The minimum atomic E-state index is -0.156. The molecule has 0 aromatic carbocycles. The second-order valence-electron chi connectivity index (χ2n) is 2.20. The molecule has 1 N–H and O–H groups in total. The molecule has 0 bridgehead atoms. The molecule has 12 heavy (non-hydrogen) atoms. The van der Waals surface area contributed by atoms with Crippen molar-refractivity contribution in [2.75, 3.05) is 5.32 Å². The van der Waals surface area contributed by atoms with Gasteiger partial charge < -0.3 is 5.32 Å². The van der Waals surface area contributed by atoms with Crippen LogP contribution in [0.2, 0.25) is 0 Å². The van der Waals surface area contributed by atoms with E-state index in [-0.39, 0.29) is 5.91 Å². The molecule has 0 spiro atoms. The van der Waals surface area contributed by atoms with Gasteiger partial charge in [-0.1, -0.05) is 12.1 Å². The maximum absolute atomic E-state index is 11.0. The summed E-state index contributed by atoms with van der Waals surface area (Å²) in [7, 11) is 0. The topological polar surface area (TPSA) is 42.0 Å². The molecule has 0 unspecified atom stereocenters. The first-order valence-electron chi connectivity index (χ1n) is 3.67. The van der Waals surface area contributed by atoms with Crippen molar-refractivity contribution in [2.45, 2.75) is 6.92 Å². The van der Waals surface area contributed by atoms with Crippen LogP contribution in [0.5, 0.6) is 0 Å². The highest BCUT2D eigenvalue weighted by Crippen LogP contribution is 1.98. The Bertz CT molecular complexity index is 280. The van der Waals surface area contributed by atoms with Crippen LogP contribution in [0.3, 0.4) is 0 Å². The lowest BCUT2D eigenvalue weighted by atomic mass is 10.4. The number of allylic oxidation sites excluding steroid dienone is 1. The molecule has 0 fully saturated rings. The van der Waals surface area contributed by atoms with Gasteiger partial charge in [-0.3, -0.25) is 4.79 Å². The van der Waals surface area contributed by atoms with Gasteiger partial charge in [0, 0.05) is 6.20 Å². The van der Waals surface area contributed by atoms with E-state index >= 15 is 0 Å². The van der Waals surface area contributed by atoms with E-state index in [1.165, 1.54) is 6.08 Å². The van der Waals surface area contributed by atoms with E-state index < -0.39 is 0 Å². The lowest BCUT2D eigenvalue weighted by molar-refractivity contribution is -0.111. The number of amides is 1. The summed E-state index contributed by atoms with van der Waals surface area (Å²) in [5.74, 6) is 0.414. The van der Waals surface area contributed by atoms with Crippen molar-refractivity contribution >= 4 is 11.7 Å². The molecule has 0 aliphatic carbocycles. The van der Waals surface area contributed by atoms with E-state index in [0.29, 0.717) is 5.82 Å². The fourth-order valence-electron chi connectivity index (χ4n) is 0.756. The Morgan fingerprint density at radius 3 is 3.00 bits per heavy atom. The van der Waals surface area contributed by atoms with Crippen molar-refractivity contribution in [1.29, 1.82) is 0 Å². The first-order chi connectivity index (χ1) is 5.83. The third-order valence-electron chi connectivity index (χ3n) is 1.23. The molecule has 3 nitrogen and oxygen atoms in total. The quantitative estimate of drug-likeness (QED) is 0.671. The maximum Gasteiger partial charge on any atom is 0.249 e. The van der Waals surface area contributed by atoms with E-state index in [1.54, 1.807) is 31.3 Å². The molecule has 1 rings (SSSR count). The van der Waals surface area contributed by atoms with Crippen LogP contribution in [0.25, 0.3) is 0 Å². The summed E-state index contributed by atoms with van der Waals surface area (Å²) in [6, 6.07) is 5.35. The van der Waals surface area contributed by atoms with Crippen LogP contribution in [0.4, 0.5) is 5.82 Å². The average molecular weight is 162 g/mol. The molecule has 62 valence electrons. The number of carbonyl (C=O) groups excluding carboxylic acids is 1. The standard InChI is InChI=1S/C9H10N2O/c1-2-5-9(12)11-8-6-3-4-7-10-8/h2-7H,1H3,(H,10,11,12)/b5-2+. The maximum atomic E-state index is 11.0. The molecule has 1 aromatic rings. The average Bonchev–Trinajstić information content (AvgIpc) is 2.06. The van der Waals surface area contributed by atoms with Crippen LogP contribution >= 0.6 is 0 Å². The van der Waals surface area contributed by atoms with E-state index in [9.17, 15) is 4.79 Å². The smallest absolute Gasteiger partial charge is 0.249 e. The monoisotopic (exact) mass is 162 g/mol. The van der Waals surface area contributed by atoms with Gasteiger partial charge in [0.25, 0.3) is 0 Å². The summed E-state index contributed by atoms with van der Waals surface area (Å²) in [4.78, 5) is 14.9. The highest BCUT2D eigenvalue weighted by Gasteiger charge is 1.95. The predicted molar refractivity (Wildman–Crippen MR) is 47.7 cm³/mol. The zero-order chi connectivity index (χ0) is 8.81. The summed E-state index contributed by atoms with van der Waals surface area (Å²) < 4.78 is 0. The Balaban J connectivity index is 2.59. The van der Waals surface area contributed by atoms with Crippen LogP contribution in [0, 0.1) is 0 Å². The van der Waals surface area contributed by atoms with Gasteiger partial charge in [-0.15, -0.1) is 0 Å². The Kier molecular flexibility index (Phi) is 3.02. The molecule has 1 aromatic heterocycles. The summed E-state index contributed by atoms with van der Waals surface area (Å²) in [6.45, 7) is 1.79. The largest absolute Gasteiger partial charge is 0.307 e. The molecule has 0 aliphatic heterocycles. The lowest BCUT2D eigenvalue weighted by Gasteiger charge is -1.98. The van der Waals surface area contributed by atoms with Gasteiger partial charge in [-0.25, -0.2) is 4.98 Å². The zero-order valence-electron chi connectivity index (χ0n) is 6.82. The van der Waals surface area contributed by atoms with Crippen molar-refractivity contribution in [3.8, 4) is 0 Å². The van der Waals surface area contributed by atoms with Gasteiger partial charge in [0.05, 0.1) is 0 Å². The normalized spacial score (nSPS) is 10.1. The molecule has 1 amide bonds. The van der Waals surface area contributed by atoms with Crippen LogP contribution in [-0.4, -0.2) is 10.9 Å². The summed E-state index contributed by atoms with van der Waals surface area (Å²) >= 11 is 0. The number of nitrogens with zero attached hydrogens (tertiary/aromatic N) is 1. The zero-order valence-corrected chi connectivity index (χ0v) is 6.82. The van der Waals surface area contributed by atoms with Gasteiger partial charge in [0.2, 0.25) is 5.91 Å². The third kappa shape index (κ3) is 2.54. The molecule has 0 saturated heterocycles. The summed E-state index contributed by atoms with van der Waals surface area (Å²) in [6.07, 6.45) is 4.76. The van der Waals surface area contributed by atoms with Gasteiger partial charge in [0.1, 0.15) is 5.82 Å². The molecular formula is C9H10N2O. The Hall–Kier alpha value is -1.64. The number of aromatic nitrogens is 1. The van der Waals surface area contributed by atoms with Gasteiger partial charge in [-0.2, -0.15) is 0 Å². The highest BCUT2D eigenvalue weighted by molar-refractivity contribution is 5.98. The van der Waals surface area contributed by atoms with Crippen LogP contribution in [-0.2, 0) is 4.79 Å². The number of carbonyl (C=O) groups is 1. The molecule has 0 radical (unpaired) electrons. The van der Waals surface area contributed by atoms with E-state index in [4.69, 9.17) is 0 Å². The van der Waals surface area contributed by atoms with Crippen LogP contribution in [0.1, 0.15) is 6.92 Å². The SMILES string of the molecule is C/C=C/C(=O)Nc1ccccn1. The molecule has 0 atom stereocenters. The Labute approximate surface area is 71.1 Å². The summed E-state index contributed by atoms with van der Waals surface area (Å²) in [5, 5.41) is 2.61. The molecule has 1 heterocycles. The van der Waals surface area contributed by atoms with Crippen LogP contribution in [0.15, 0.2) is 36.5 Å². The molecular weight excluding hydrogens is 152 g/mol. The Morgan fingerprint density at radius 1 is 1.58 bits per heavy atom. The van der Waals surface area contributed by atoms with Gasteiger partial charge in [0.15, 0.2) is 0 Å². The van der Waals surface area contributed by atoms with Crippen molar-refractivity contribution in [3.63, 3.8) is 0 Å². The lowest BCUT2D eigenvalue weighted by Crippen LogP contribution is -2.08. The number of hydrogen-bond acceptors (Lipinski definition) is 2. The van der Waals surface area contributed by atoms with Crippen molar-refractivity contribution in [1.82, 2.24) is 4.98 Å². The van der Waals surface area contributed by atoms with Crippen molar-refractivity contribution in [2.24, 2.45) is 0 Å². The van der Waals surface area contributed by atoms with E-state index in [0.717, 1.165) is 0 Å². The van der Waals surface area contributed by atoms with E-state index in [1.807, 2.05) is 6.07 Å². The van der Waals surface area contributed by atoms with Crippen LogP contribution < -0.4 is 5.32 Å². The first-order valence-corrected chi connectivity index (χ1v) is 3.67. The number of pyridine rings is 1. The summed E-state index contributed by atoms with van der Waals surface area (Å²) in [5.41, 5.74) is 0. The van der Waals surface area contributed by atoms with Gasteiger partial charge >= 0.3 is 0 Å². The minimum Gasteiger partial charge on any atom is -0.307 e. The number of rotatable bonds is 2. The number of nitrogens with one attached hydrogen (secondary N) is 1. The molecule has 0 aliphatic rings. The first kappa shape index (κ1) is 8.46. The predicted octanol–water partition coefficient (Wildman–Crippen LogP) is 1.60.